The normalized spacial score (nSPS) is 10.5. The number of halogens is 1. The second kappa shape index (κ2) is 6.25. The van der Waals surface area contributed by atoms with Crippen molar-refractivity contribution in [2.45, 2.75) is 6.92 Å². The van der Waals surface area contributed by atoms with E-state index >= 15 is 0 Å². The van der Waals surface area contributed by atoms with Crippen molar-refractivity contribution in [1.82, 2.24) is 0 Å². The summed E-state index contributed by atoms with van der Waals surface area (Å²) < 4.78 is 5.40. The topological polar surface area (TPSA) is 26.3 Å². The molecule has 0 fully saturated rings. The first-order chi connectivity index (χ1) is 7.24. The Balaban J connectivity index is 2.58. The summed E-state index contributed by atoms with van der Waals surface area (Å²) in [6.07, 6.45) is 3.66. The summed E-state index contributed by atoms with van der Waals surface area (Å²) in [5, 5.41) is 0. The smallest absolute Gasteiger partial charge is 0.159 e. The van der Waals surface area contributed by atoms with E-state index in [0.717, 1.165) is 0 Å². The van der Waals surface area contributed by atoms with Crippen LogP contribution in [0.5, 0.6) is 5.75 Å². The van der Waals surface area contributed by atoms with Gasteiger partial charge in [-0.05, 0) is 19.1 Å². The Morgan fingerprint density at radius 1 is 1.47 bits per heavy atom. The number of benzene rings is 1. The number of ether oxygens (including phenoxy) is 1. The van der Waals surface area contributed by atoms with Gasteiger partial charge in [-0.15, -0.1) is 11.6 Å². The van der Waals surface area contributed by atoms with Crippen LogP contribution in [0.1, 0.15) is 17.3 Å². The van der Waals surface area contributed by atoms with Crippen LogP contribution in [0.15, 0.2) is 36.4 Å². The quantitative estimate of drug-likeness (QED) is 0.437. The lowest BCUT2D eigenvalue weighted by atomic mass is 10.1. The summed E-state index contributed by atoms with van der Waals surface area (Å²) in [4.78, 5) is 11.1. The average Bonchev–Trinajstić information content (AvgIpc) is 2.25. The van der Waals surface area contributed by atoms with E-state index in [2.05, 4.69) is 0 Å². The maximum Gasteiger partial charge on any atom is 0.159 e. The monoisotopic (exact) mass is 224 g/mol. The molecule has 2 nitrogen and oxygen atoms in total. The molecule has 0 heterocycles. The number of alkyl halides is 1. The molecule has 0 radical (unpaired) electrons. The van der Waals surface area contributed by atoms with Gasteiger partial charge in [-0.3, -0.25) is 4.79 Å². The number of allylic oxidation sites excluding steroid dienone is 1. The van der Waals surface area contributed by atoms with Crippen molar-refractivity contribution >= 4 is 17.4 Å². The average molecular weight is 225 g/mol. The van der Waals surface area contributed by atoms with E-state index in [1.165, 1.54) is 6.92 Å². The van der Waals surface area contributed by atoms with Crippen LogP contribution in [0, 0.1) is 0 Å². The minimum Gasteiger partial charge on any atom is -0.490 e. The zero-order valence-corrected chi connectivity index (χ0v) is 9.33. The van der Waals surface area contributed by atoms with Gasteiger partial charge in [-0.25, -0.2) is 0 Å². The van der Waals surface area contributed by atoms with E-state index in [-0.39, 0.29) is 5.78 Å². The Hall–Kier alpha value is -1.28. The van der Waals surface area contributed by atoms with Crippen LogP contribution < -0.4 is 4.74 Å². The molecule has 3 heteroatoms. The molecule has 0 atom stereocenters. The first-order valence-corrected chi connectivity index (χ1v) is 5.22. The highest BCUT2D eigenvalue weighted by Gasteiger charge is 1.99. The van der Waals surface area contributed by atoms with Crippen molar-refractivity contribution in [3.63, 3.8) is 0 Å². The lowest BCUT2D eigenvalue weighted by Crippen LogP contribution is -1.96. The maximum absolute atomic E-state index is 11.1. The molecule has 0 aliphatic heterocycles. The van der Waals surface area contributed by atoms with Gasteiger partial charge in [0.2, 0.25) is 0 Å². The summed E-state index contributed by atoms with van der Waals surface area (Å²) in [5.41, 5.74) is 0.661. The standard InChI is InChI=1S/C12H13ClO2/c1-10(14)11-5-4-6-12(9-11)15-8-3-2-7-13/h2-6,9H,7-8H2,1H3. The molecule has 15 heavy (non-hydrogen) atoms. The lowest BCUT2D eigenvalue weighted by molar-refractivity contribution is 0.101. The predicted octanol–water partition coefficient (Wildman–Crippen LogP) is 3.06. The summed E-state index contributed by atoms with van der Waals surface area (Å²) in [6, 6.07) is 7.12. The molecule has 0 aromatic heterocycles. The number of hydrogen-bond donors (Lipinski definition) is 0. The van der Waals surface area contributed by atoms with Gasteiger partial charge in [-0.1, -0.05) is 24.3 Å². The molecule has 0 unspecified atom stereocenters. The van der Waals surface area contributed by atoms with Crippen molar-refractivity contribution in [2.24, 2.45) is 0 Å². The second-order valence-electron chi connectivity index (χ2n) is 3.02. The molecule has 0 aliphatic rings. The molecule has 0 bridgehead atoms. The second-order valence-corrected chi connectivity index (χ2v) is 3.33. The van der Waals surface area contributed by atoms with E-state index in [0.29, 0.717) is 23.8 Å². The zero-order valence-electron chi connectivity index (χ0n) is 8.57. The van der Waals surface area contributed by atoms with Crippen LogP contribution in [0.4, 0.5) is 0 Å². The molecule has 1 aromatic rings. The Kier molecular flexibility index (Phi) is 4.91. The van der Waals surface area contributed by atoms with Crippen molar-refractivity contribution in [2.75, 3.05) is 12.5 Å². The van der Waals surface area contributed by atoms with E-state index in [1.807, 2.05) is 18.2 Å². The van der Waals surface area contributed by atoms with Gasteiger partial charge in [0.05, 0.1) is 0 Å². The zero-order chi connectivity index (χ0) is 11.1. The lowest BCUT2D eigenvalue weighted by Gasteiger charge is -2.03. The van der Waals surface area contributed by atoms with Gasteiger partial charge < -0.3 is 4.74 Å². The van der Waals surface area contributed by atoms with Crippen LogP contribution in [-0.2, 0) is 0 Å². The van der Waals surface area contributed by atoms with Crippen molar-refractivity contribution in [3.05, 3.63) is 42.0 Å². The maximum atomic E-state index is 11.1. The number of Topliss-reactive ketones (excluding diaryl/α,β-unsaturated/α-hetero) is 1. The summed E-state index contributed by atoms with van der Waals surface area (Å²) in [7, 11) is 0. The molecule has 0 saturated carbocycles. The summed E-state index contributed by atoms with van der Waals surface area (Å²) in [6.45, 7) is 2.00. The van der Waals surface area contributed by atoms with Gasteiger partial charge in [0, 0.05) is 11.4 Å². The van der Waals surface area contributed by atoms with Crippen molar-refractivity contribution in [3.8, 4) is 5.75 Å². The van der Waals surface area contributed by atoms with E-state index in [4.69, 9.17) is 16.3 Å². The first-order valence-electron chi connectivity index (χ1n) is 4.69. The van der Waals surface area contributed by atoms with Crippen molar-refractivity contribution < 1.29 is 9.53 Å². The Labute approximate surface area is 94.5 Å². The third-order valence-electron chi connectivity index (χ3n) is 1.84. The van der Waals surface area contributed by atoms with Crippen LogP contribution in [-0.4, -0.2) is 18.3 Å². The van der Waals surface area contributed by atoms with E-state index < -0.39 is 0 Å². The van der Waals surface area contributed by atoms with Crippen LogP contribution >= 0.6 is 11.6 Å². The molecule has 1 aromatic carbocycles. The molecule has 0 N–H and O–H groups in total. The molecule has 0 saturated heterocycles. The van der Waals surface area contributed by atoms with Gasteiger partial charge in [0.1, 0.15) is 12.4 Å². The SMILES string of the molecule is CC(=O)c1cccc(OCC=CCCl)c1. The fourth-order valence-corrected chi connectivity index (χ4v) is 1.21. The van der Waals surface area contributed by atoms with Crippen LogP contribution in [0.2, 0.25) is 0 Å². The number of carbonyl (C=O) groups excluding carboxylic acids is 1. The van der Waals surface area contributed by atoms with Crippen LogP contribution in [0.25, 0.3) is 0 Å². The minimum absolute atomic E-state index is 0.0387. The highest BCUT2D eigenvalue weighted by Crippen LogP contribution is 2.13. The molecule has 0 aliphatic carbocycles. The van der Waals surface area contributed by atoms with Gasteiger partial charge in [0.25, 0.3) is 0 Å². The molecular formula is C12H13ClO2. The van der Waals surface area contributed by atoms with Gasteiger partial charge in [0.15, 0.2) is 5.78 Å². The largest absolute Gasteiger partial charge is 0.490 e. The predicted molar refractivity (Wildman–Crippen MR) is 61.8 cm³/mol. The van der Waals surface area contributed by atoms with Crippen molar-refractivity contribution in [1.29, 1.82) is 0 Å². The Bertz CT molecular complexity index is 358. The molecule has 0 amide bonds. The number of hydrogen-bond acceptors (Lipinski definition) is 2. The Morgan fingerprint density at radius 3 is 2.93 bits per heavy atom. The van der Waals surface area contributed by atoms with E-state index in [9.17, 15) is 4.79 Å². The summed E-state index contributed by atoms with van der Waals surface area (Å²) >= 11 is 5.46. The highest BCUT2D eigenvalue weighted by molar-refractivity contribution is 6.18. The highest BCUT2D eigenvalue weighted by atomic mass is 35.5. The molecular weight excluding hydrogens is 212 g/mol. The number of ketones is 1. The third-order valence-corrected chi connectivity index (χ3v) is 2.02. The molecule has 1 rings (SSSR count). The fourth-order valence-electron chi connectivity index (χ4n) is 1.08. The fraction of sp³-hybridized carbons (Fsp3) is 0.250. The minimum atomic E-state index is 0.0387. The Morgan fingerprint density at radius 2 is 2.27 bits per heavy atom. The molecule has 0 spiro atoms. The molecule has 80 valence electrons. The van der Waals surface area contributed by atoms with Gasteiger partial charge >= 0.3 is 0 Å². The van der Waals surface area contributed by atoms with Gasteiger partial charge in [-0.2, -0.15) is 0 Å². The number of rotatable bonds is 5. The van der Waals surface area contributed by atoms with E-state index in [1.54, 1.807) is 18.2 Å². The third kappa shape index (κ3) is 4.17. The summed E-state index contributed by atoms with van der Waals surface area (Å²) in [5.74, 6) is 1.22. The van der Waals surface area contributed by atoms with Crippen LogP contribution in [0.3, 0.4) is 0 Å². The first kappa shape index (κ1) is 11.8. The number of carbonyl (C=O) groups is 1.